The highest BCUT2D eigenvalue weighted by Gasteiger charge is 2.23. The minimum absolute atomic E-state index is 0.0209. The van der Waals surface area contributed by atoms with Crippen LogP contribution in [-0.2, 0) is 10.0 Å². The van der Waals surface area contributed by atoms with Gasteiger partial charge in [0.2, 0.25) is 0 Å². The SMILES string of the molecule is COc1ccncc1NS(=O)(=O)c1ccccc1C(=O)NCCOc1ccccc1. The summed E-state index contributed by atoms with van der Waals surface area (Å²) in [6.45, 7) is 0.460. The van der Waals surface area contributed by atoms with Crippen LogP contribution in [-0.4, -0.2) is 39.6 Å². The Labute approximate surface area is 174 Å². The maximum absolute atomic E-state index is 12.9. The quantitative estimate of drug-likeness (QED) is 0.509. The lowest BCUT2D eigenvalue weighted by Gasteiger charge is -2.14. The lowest BCUT2D eigenvalue weighted by molar-refractivity contribution is 0.0943. The van der Waals surface area contributed by atoms with Crippen molar-refractivity contribution < 1.29 is 22.7 Å². The number of hydrogen-bond acceptors (Lipinski definition) is 6. The molecule has 0 aliphatic carbocycles. The molecule has 0 atom stereocenters. The fraction of sp³-hybridized carbons (Fsp3) is 0.143. The van der Waals surface area contributed by atoms with Crippen molar-refractivity contribution in [3.63, 3.8) is 0 Å². The van der Waals surface area contributed by atoms with E-state index in [4.69, 9.17) is 9.47 Å². The Morgan fingerprint density at radius 1 is 1.03 bits per heavy atom. The lowest BCUT2D eigenvalue weighted by atomic mass is 10.2. The van der Waals surface area contributed by atoms with Gasteiger partial charge in [0.05, 0.1) is 25.4 Å². The van der Waals surface area contributed by atoms with Gasteiger partial charge in [-0.3, -0.25) is 14.5 Å². The van der Waals surface area contributed by atoms with Gasteiger partial charge in [-0.25, -0.2) is 8.42 Å². The number of rotatable bonds is 9. The molecule has 0 saturated heterocycles. The topological polar surface area (TPSA) is 107 Å². The lowest BCUT2D eigenvalue weighted by Crippen LogP contribution is -2.30. The second-order valence-corrected chi connectivity index (χ2v) is 7.75. The normalized spacial score (nSPS) is 10.8. The summed E-state index contributed by atoms with van der Waals surface area (Å²) in [5.74, 6) is 0.476. The molecule has 8 nitrogen and oxygen atoms in total. The predicted molar refractivity (Wildman–Crippen MR) is 112 cm³/mol. The summed E-state index contributed by atoms with van der Waals surface area (Å²) >= 11 is 0. The van der Waals surface area contributed by atoms with Crippen molar-refractivity contribution in [2.24, 2.45) is 0 Å². The number of nitrogens with one attached hydrogen (secondary N) is 2. The predicted octanol–water partition coefficient (Wildman–Crippen LogP) is 2.70. The minimum Gasteiger partial charge on any atom is -0.494 e. The molecular weight excluding hydrogens is 406 g/mol. The summed E-state index contributed by atoms with van der Waals surface area (Å²) in [4.78, 5) is 16.4. The van der Waals surface area contributed by atoms with Crippen LogP contribution in [0.4, 0.5) is 5.69 Å². The molecule has 3 rings (SSSR count). The van der Waals surface area contributed by atoms with E-state index in [0.29, 0.717) is 11.5 Å². The molecule has 0 saturated carbocycles. The van der Waals surface area contributed by atoms with E-state index in [1.54, 1.807) is 12.1 Å². The van der Waals surface area contributed by atoms with Crippen LogP contribution >= 0.6 is 0 Å². The van der Waals surface area contributed by atoms with Crippen molar-refractivity contribution in [3.8, 4) is 11.5 Å². The van der Waals surface area contributed by atoms with E-state index in [0.717, 1.165) is 0 Å². The molecule has 9 heteroatoms. The Morgan fingerprint density at radius 3 is 2.53 bits per heavy atom. The molecule has 0 unspecified atom stereocenters. The highest BCUT2D eigenvalue weighted by Crippen LogP contribution is 2.26. The van der Waals surface area contributed by atoms with Crippen LogP contribution in [0.15, 0.2) is 78.0 Å². The number of nitrogens with zero attached hydrogens (tertiary/aromatic N) is 1. The number of para-hydroxylation sites is 1. The van der Waals surface area contributed by atoms with E-state index in [-0.39, 0.29) is 29.3 Å². The average Bonchev–Trinajstić information content (AvgIpc) is 2.77. The highest BCUT2D eigenvalue weighted by atomic mass is 32.2. The summed E-state index contributed by atoms with van der Waals surface area (Å²) < 4.78 is 38.9. The largest absolute Gasteiger partial charge is 0.494 e. The number of carbonyl (C=O) groups is 1. The number of aromatic nitrogens is 1. The fourth-order valence-corrected chi connectivity index (χ4v) is 3.93. The van der Waals surface area contributed by atoms with Gasteiger partial charge in [-0.1, -0.05) is 30.3 Å². The van der Waals surface area contributed by atoms with Gasteiger partial charge < -0.3 is 14.8 Å². The van der Waals surface area contributed by atoms with Gasteiger partial charge in [-0.05, 0) is 24.3 Å². The molecule has 1 heterocycles. The monoisotopic (exact) mass is 427 g/mol. The standard InChI is InChI=1S/C21H21N3O5S/c1-28-19-11-12-22-15-18(19)24-30(26,27)20-10-6-5-9-17(20)21(25)23-13-14-29-16-7-3-2-4-8-16/h2-12,15,24H,13-14H2,1H3,(H,23,25). The highest BCUT2D eigenvalue weighted by molar-refractivity contribution is 7.92. The molecule has 0 aliphatic heterocycles. The first-order valence-electron chi connectivity index (χ1n) is 9.07. The molecule has 2 aromatic carbocycles. The van der Waals surface area contributed by atoms with Gasteiger partial charge in [-0.15, -0.1) is 0 Å². The van der Waals surface area contributed by atoms with Crippen LogP contribution in [0.1, 0.15) is 10.4 Å². The number of benzene rings is 2. The van der Waals surface area contributed by atoms with Crippen LogP contribution in [0.3, 0.4) is 0 Å². The number of methoxy groups -OCH3 is 1. The smallest absolute Gasteiger partial charge is 0.262 e. The van der Waals surface area contributed by atoms with Crippen LogP contribution in [0.5, 0.6) is 11.5 Å². The molecule has 0 radical (unpaired) electrons. The third-order valence-electron chi connectivity index (χ3n) is 4.07. The molecule has 30 heavy (non-hydrogen) atoms. The first-order chi connectivity index (χ1) is 14.5. The number of hydrogen-bond donors (Lipinski definition) is 2. The van der Waals surface area contributed by atoms with Gasteiger partial charge >= 0.3 is 0 Å². The molecule has 1 aromatic heterocycles. The van der Waals surface area contributed by atoms with Gasteiger partial charge in [-0.2, -0.15) is 0 Å². The Morgan fingerprint density at radius 2 is 1.77 bits per heavy atom. The number of ether oxygens (including phenoxy) is 2. The third kappa shape index (κ3) is 5.26. The molecule has 0 bridgehead atoms. The summed E-state index contributed by atoms with van der Waals surface area (Å²) in [7, 11) is -2.63. The molecule has 0 fully saturated rings. The number of amides is 1. The zero-order valence-electron chi connectivity index (χ0n) is 16.2. The van der Waals surface area contributed by atoms with Crippen LogP contribution in [0.25, 0.3) is 0 Å². The van der Waals surface area contributed by atoms with E-state index < -0.39 is 15.9 Å². The second kappa shape index (κ2) is 9.75. The molecule has 1 amide bonds. The maximum atomic E-state index is 12.9. The van der Waals surface area contributed by atoms with E-state index in [1.165, 1.54) is 37.7 Å². The molecular formula is C21H21N3O5S. The number of carbonyl (C=O) groups excluding carboxylic acids is 1. The summed E-state index contributed by atoms with van der Waals surface area (Å²) in [5, 5.41) is 2.67. The fourth-order valence-electron chi connectivity index (χ4n) is 2.67. The Balaban J connectivity index is 1.70. The van der Waals surface area contributed by atoms with Crippen molar-refractivity contribution in [2.75, 3.05) is 25.0 Å². The zero-order valence-corrected chi connectivity index (χ0v) is 17.1. The summed E-state index contributed by atoms with van der Waals surface area (Å²) in [6.07, 6.45) is 2.82. The Kier molecular flexibility index (Phi) is 6.87. The molecule has 0 spiro atoms. The molecule has 3 aromatic rings. The first-order valence-corrected chi connectivity index (χ1v) is 10.6. The van der Waals surface area contributed by atoms with Crippen LogP contribution < -0.4 is 19.5 Å². The van der Waals surface area contributed by atoms with E-state index in [1.807, 2.05) is 30.3 Å². The van der Waals surface area contributed by atoms with Crippen molar-refractivity contribution in [1.82, 2.24) is 10.3 Å². The van der Waals surface area contributed by atoms with Crippen LogP contribution in [0, 0.1) is 0 Å². The number of pyridine rings is 1. The van der Waals surface area contributed by atoms with E-state index in [9.17, 15) is 13.2 Å². The number of sulfonamides is 1. The summed E-state index contributed by atoms with van der Waals surface area (Å²) in [5.41, 5.74) is 0.194. The average molecular weight is 427 g/mol. The van der Waals surface area contributed by atoms with Gasteiger partial charge in [0.15, 0.2) is 0 Å². The minimum atomic E-state index is -4.06. The van der Waals surface area contributed by atoms with Gasteiger partial charge in [0.25, 0.3) is 15.9 Å². The van der Waals surface area contributed by atoms with E-state index in [2.05, 4.69) is 15.0 Å². The van der Waals surface area contributed by atoms with Crippen molar-refractivity contribution in [3.05, 3.63) is 78.6 Å². The number of anilines is 1. The van der Waals surface area contributed by atoms with Gasteiger partial charge in [0.1, 0.15) is 28.7 Å². The maximum Gasteiger partial charge on any atom is 0.262 e. The Bertz CT molecular complexity index is 1100. The third-order valence-corrected chi connectivity index (χ3v) is 5.49. The zero-order chi connectivity index (χ0) is 21.4. The molecule has 2 N–H and O–H groups in total. The van der Waals surface area contributed by atoms with Gasteiger partial charge in [0, 0.05) is 12.3 Å². The van der Waals surface area contributed by atoms with Crippen molar-refractivity contribution in [2.45, 2.75) is 4.90 Å². The van der Waals surface area contributed by atoms with E-state index >= 15 is 0 Å². The van der Waals surface area contributed by atoms with Crippen molar-refractivity contribution in [1.29, 1.82) is 0 Å². The van der Waals surface area contributed by atoms with Crippen molar-refractivity contribution >= 4 is 21.6 Å². The first kappa shape index (κ1) is 21.1. The molecule has 156 valence electrons. The Hall–Kier alpha value is -3.59. The summed E-state index contributed by atoms with van der Waals surface area (Å²) in [6, 6.07) is 16.7. The second-order valence-electron chi connectivity index (χ2n) is 6.10. The molecule has 0 aliphatic rings. The van der Waals surface area contributed by atoms with Crippen LogP contribution in [0.2, 0.25) is 0 Å².